The predicted molar refractivity (Wildman–Crippen MR) is 73.3 cm³/mol. The Balaban J connectivity index is 2.19. The molecule has 2 fully saturated rings. The minimum Gasteiger partial charge on any atom is -0.460 e. The molecule has 0 aromatic rings. The number of esters is 1. The third kappa shape index (κ3) is 2.44. The average molecular weight is 252 g/mol. The fraction of sp³-hybridized carbons (Fsp3) is 0.938. The molecule has 2 heteroatoms. The van der Waals surface area contributed by atoms with E-state index in [1.807, 2.05) is 0 Å². The quantitative estimate of drug-likeness (QED) is 0.649. The Morgan fingerprint density at radius 1 is 1.11 bits per heavy atom. The van der Waals surface area contributed by atoms with Gasteiger partial charge in [0.2, 0.25) is 0 Å². The number of carbonyl (C=O) groups is 1. The van der Waals surface area contributed by atoms with Crippen molar-refractivity contribution >= 4 is 5.97 Å². The van der Waals surface area contributed by atoms with Crippen molar-refractivity contribution in [3.8, 4) is 0 Å². The fourth-order valence-electron chi connectivity index (χ4n) is 5.02. The smallest absolute Gasteiger partial charge is 0.303 e. The van der Waals surface area contributed by atoms with Gasteiger partial charge in [-0.25, -0.2) is 0 Å². The predicted octanol–water partition coefficient (Wildman–Crippen LogP) is 4.32. The van der Waals surface area contributed by atoms with Gasteiger partial charge in [0.25, 0.3) is 0 Å². The van der Waals surface area contributed by atoms with Crippen molar-refractivity contribution in [1.82, 2.24) is 0 Å². The summed E-state index contributed by atoms with van der Waals surface area (Å²) in [6, 6.07) is 0. The molecule has 0 radical (unpaired) electrons. The second-order valence-electron chi connectivity index (χ2n) is 7.81. The van der Waals surface area contributed by atoms with Crippen molar-refractivity contribution in [1.29, 1.82) is 0 Å². The molecule has 0 amide bonds. The van der Waals surface area contributed by atoms with Crippen LogP contribution in [0.5, 0.6) is 0 Å². The highest BCUT2D eigenvalue weighted by atomic mass is 16.6. The van der Waals surface area contributed by atoms with Crippen LogP contribution in [-0.2, 0) is 9.53 Å². The summed E-state index contributed by atoms with van der Waals surface area (Å²) in [7, 11) is 0. The molecular weight excluding hydrogens is 224 g/mol. The first-order valence-corrected chi connectivity index (χ1v) is 7.37. The molecular formula is C16H28O2. The first-order chi connectivity index (χ1) is 8.17. The van der Waals surface area contributed by atoms with Gasteiger partial charge in [0.1, 0.15) is 5.60 Å². The summed E-state index contributed by atoms with van der Waals surface area (Å²) in [6.45, 7) is 10.9. The molecule has 2 rings (SSSR count). The molecule has 0 heterocycles. The molecule has 18 heavy (non-hydrogen) atoms. The van der Waals surface area contributed by atoms with E-state index in [-0.39, 0.29) is 11.6 Å². The van der Waals surface area contributed by atoms with E-state index in [1.54, 1.807) is 0 Å². The lowest BCUT2D eigenvalue weighted by Crippen LogP contribution is -2.51. The van der Waals surface area contributed by atoms with Crippen LogP contribution in [0.2, 0.25) is 0 Å². The van der Waals surface area contributed by atoms with Crippen molar-refractivity contribution in [2.45, 2.75) is 78.7 Å². The summed E-state index contributed by atoms with van der Waals surface area (Å²) >= 11 is 0. The van der Waals surface area contributed by atoms with Gasteiger partial charge in [-0.1, -0.05) is 27.2 Å². The van der Waals surface area contributed by atoms with Crippen molar-refractivity contribution < 1.29 is 9.53 Å². The minimum absolute atomic E-state index is 0.130. The number of carbonyl (C=O) groups excluding carboxylic acids is 1. The maximum atomic E-state index is 11.3. The molecule has 3 atom stereocenters. The van der Waals surface area contributed by atoms with Gasteiger partial charge in [0, 0.05) is 6.92 Å². The van der Waals surface area contributed by atoms with Crippen LogP contribution in [-0.4, -0.2) is 11.6 Å². The summed E-state index contributed by atoms with van der Waals surface area (Å²) in [5.41, 5.74) is 0.569. The Kier molecular flexibility index (Phi) is 3.28. The van der Waals surface area contributed by atoms with Crippen molar-refractivity contribution in [3.05, 3.63) is 0 Å². The van der Waals surface area contributed by atoms with E-state index in [0.29, 0.717) is 10.8 Å². The summed E-state index contributed by atoms with van der Waals surface area (Å²) in [6.07, 6.45) is 7.21. The molecule has 0 bridgehead atoms. The summed E-state index contributed by atoms with van der Waals surface area (Å²) in [5, 5.41) is 0. The van der Waals surface area contributed by atoms with Crippen molar-refractivity contribution in [2.75, 3.05) is 0 Å². The van der Waals surface area contributed by atoms with E-state index in [4.69, 9.17) is 4.74 Å². The van der Waals surface area contributed by atoms with Crippen LogP contribution in [0.4, 0.5) is 0 Å². The Hall–Kier alpha value is -0.530. The molecule has 0 saturated heterocycles. The van der Waals surface area contributed by atoms with E-state index in [0.717, 1.165) is 18.8 Å². The second-order valence-corrected chi connectivity index (χ2v) is 7.81. The standard InChI is InChI=1S/C16H28O2/c1-12(17)18-16(5)10-7-13-14(2,3)8-6-9-15(13,4)11-16/h13H,6-11H2,1-5H3. The molecule has 0 aromatic heterocycles. The van der Waals surface area contributed by atoms with Crippen LogP contribution in [0.1, 0.15) is 73.1 Å². The van der Waals surface area contributed by atoms with Crippen molar-refractivity contribution in [2.24, 2.45) is 16.7 Å². The summed E-state index contributed by atoms with van der Waals surface area (Å²) < 4.78 is 5.62. The molecule has 0 aliphatic heterocycles. The van der Waals surface area contributed by atoms with E-state index >= 15 is 0 Å². The van der Waals surface area contributed by atoms with Crippen LogP contribution in [0, 0.1) is 16.7 Å². The normalized spacial score (nSPS) is 43.1. The molecule has 0 N–H and O–H groups in total. The topological polar surface area (TPSA) is 26.3 Å². The highest BCUT2D eigenvalue weighted by Crippen LogP contribution is 2.59. The number of hydrogen-bond acceptors (Lipinski definition) is 2. The Morgan fingerprint density at radius 2 is 1.78 bits per heavy atom. The van der Waals surface area contributed by atoms with Crippen LogP contribution < -0.4 is 0 Å². The number of fused-ring (bicyclic) bond motifs is 1. The SMILES string of the molecule is CC(=O)OC1(C)CCC2C(C)(C)CCCC2(C)C1. The van der Waals surface area contributed by atoms with Gasteiger partial charge in [-0.15, -0.1) is 0 Å². The second kappa shape index (κ2) is 4.25. The highest BCUT2D eigenvalue weighted by molar-refractivity contribution is 5.66. The maximum absolute atomic E-state index is 11.3. The first-order valence-electron chi connectivity index (χ1n) is 7.37. The molecule has 2 aliphatic rings. The van der Waals surface area contributed by atoms with Crippen LogP contribution in [0.15, 0.2) is 0 Å². The van der Waals surface area contributed by atoms with Gasteiger partial charge in [0.05, 0.1) is 0 Å². The molecule has 0 spiro atoms. The van der Waals surface area contributed by atoms with E-state index in [1.165, 1.54) is 32.6 Å². The van der Waals surface area contributed by atoms with Crippen molar-refractivity contribution in [3.63, 3.8) is 0 Å². The molecule has 2 nitrogen and oxygen atoms in total. The van der Waals surface area contributed by atoms with Crippen LogP contribution in [0.3, 0.4) is 0 Å². The zero-order valence-corrected chi connectivity index (χ0v) is 12.6. The maximum Gasteiger partial charge on any atom is 0.303 e. The van der Waals surface area contributed by atoms with Crippen LogP contribution >= 0.6 is 0 Å². The molecule has 2 aliphatic carbocycles. The van der Waals surface area contributed by atoms with E-state index < -0.39 is 0 Å². The Morgan fingerprint density at radius 3 is 2.39 bits per heavy atom. The zero-order valence-electron chi connectivity index (χ0n) is 12.6. The van der Waals surface area contributed by atoms with Gasteiger partial charge in [0.15, 0.2) is 0 Å². The Bertz CT molecular complexity index is 347. The lowest BCUT2D eigenvalue weighted by Gasteiger charge is -2.57. The lowest BCUT2D eigenvalue weighted by atomic mass is 9.49. The largest absolute Gasteiger partial charge is 0.460 e. The minimum atomic E-state index is -0.232. The molecule has 2 saturated carbocycles. The molecule has 3 unspecified atom stereocenters. The zero-order chi connectivity index (χ0) is 13.6. The summed E-state index contributed by atoms with van der Waals surface area (Å²) in [4.78, 5) is 11.3. The lowest BCUT2D eigenvalue weighted by molar-refractivity contribution is -0.173. The number of hydrogen-bond donors (Lipinski definition) is 0. The Labute approximate surface area is 111 Å². The monoisotopic (exact) mass is 252 g/mol. The number of rotatable bonds is 1. The van der Waals surface area contributed by atoms with Gasteiger partial charge >= 0.3 is 5.97 Å². The third-order valence-electron chi connectivity index (χ3n) is 5.48. The highest BCUT2D eigenvalue weighted by Gasteiger charge is 2.53. The number of ether oxygens (including phenoxy) is 1. The van der Waals surface area contributed by atoms with E-state index in [9.17, 15) is 4.79 Å². The fourth-order valence-corrected chi connectivity index (χ4v) is 5.02. The van der Waals surface area contributed by atoms with Gasteiger partial charge in [-0.05, 0) is 55.8 Å². The summed E-state index contributed by atoms with van der Waals surface area (Å²) in [5.74, 6) is 0.650. The van der Waals surface area contributed by atoms with Crippen LogP contribution in [0.25, 0.3) is 0 Å². The first kappa shape index (κ1) is 13.9. The average Bonchev–Trinajstić information content (AvgIpc) is 2.12. The molecule has 104 valence electrons. The van der Waals surface area contributed by atoms with Gasteiger partial charge in [-0.3, -0.25) is 4.79 Å². The third-order valence-corrected chi connectivity index (χ3v) is 5.48. The van der Waals surface area contributed by atoms with Gasteiger partial charge < -0.3 is 4.74 Å². The molecule has 0 aromatic carbocycles. The van der Waals surface area contributed by atoms with Gasteiger partial charge in [-0.2, -0.15) is 0 Å². The van der Waals surface area contributed by atoms with E-state index in [2.05, 4.69) is 27.7 Å².